The molecule has 0 bridgehead atoms. The lowest BCUT2D eigenvalue weighted by Crippen LogP contribution is -2.05. The van der Waals surface area contributed by atoms with Gasteiger partial charge in [0.25, 0.3) is 0 Å². The van der Waals surface area contributed by atoms with E-state index in [9.17, 15) is 9.59 Å². The van der Waals surface area contributed by atoms with E-state index in [2.05, 4.69) is 0 Å². The summed E-state index contributed by atoms with van der Waals surface area (Å²) in [7, 11) is 0. The monoisotopic (exact) mass is 208 g/mol. The van der Waals surface area contributed by atoms with Gasteiger partial charge in [0.15, 0.2) is 0 Å². The number of carbonyl (C=O) groups is 2. The molecular formula is C11H12O4. The van der Waals surface area contributed by atoms with Crippen molar-refractivity contribution in [1.82, 2.24) is 0 Å². The normalized spacial score (nSPS) is 9.47. The van der Waals surface area contributed by atoms with Crippen molar-refractivity contribution >= 4 is 11.9 Å². The van der Waals surface area contributed by atoms with Crippen LogP contribution < -0.4 is 9.47 Å². The van der Waals surface area contributed by atoms with E-state index >= 15 is 0 Å². The summed E-state index contributed by atoms with van der Waals surface area (Å²) < 4.78 is 9.77. The maximum absolute atomic E-state index is 10.9. The van der Waals surface area contributed by atoms with Gasteiger partial charge in [-0.05, 0) is 24.3 Å². The zero-order valence-corrected chi connectivity index (χ0v) is 8.65. The molecule has 1 rings (SSSR count). The van der Waals surface area contributed by atoms with E-state index in [-0.39, 0.29) is 11.9 Å². The molecule has 0 N–H and O–H groups in total. The first-order valence-corrected chi connectivity index (χ1v) is 4.61. The Morgan fingerprint density at radius 2 is 1.53 bits per heavy atom. The molecular weight excluding hydrogens is 196 g/mol. The molecule has 0 amide bonds. The molecule has 0 aliphatic rings. The van der Waals surface area contributed by atoms with Crippen molar-refractivity contribution in [2.45, 2.75) is 20.3 Å². The predicted octanol–water partition coefficient (Wildman–Crippen LogP) is 1.93. The summed E-state index contributed by atoms with van der Waals surface area (Å²) >= 11 is 0. The fourth-order valence-electron chi connectivity index (χ4n) is 0.945. The van der Waals surface area contributed by atoms with Crippen LogP contribution in [0.15, 0.2) is 24.3 Å². The SMILES string of the molecule is CCC(=O)Oc1ccc(OC(C)=O)cc1. The minimum Gasteiger partial charge on any atom is -0.427 e. The van der Waals surface area contributed by atoms with Crippen LogP contribution in [0.5, 0.6) is 11.5 Å². The van der Waals surface area contributed by atoms with Gasteiger partial charge in [0, 0.05) is 13.3 Å². The number of benzene rings is 1. The first-order valence-electron chi connectivity index (χ1n) is 4.61. The van der Waals surface area contributed by atoms with Gasteiger partial charge < -0.3 is 9.47 Å². The number of carbonyl (C=O) groups excluding carboxylic acids is 2. The zero-order chi connectivity index (χ0) is 11.3. The molecule has 1 aromatic carbocycles. The highest BCUT2D eigenvalue weighted by molar-refractivity contribution is 5.72. The number of ether oxygens (including phenoxy) is 2. The Morgan fingerprint density at radius 1 is 1.07 bits per heavy atom. The van der Waals surface area contributed by atoms with Crippen LogP contribution in [0, 0.1) is 0 Å². The highest BCUT2D eigenvalue weighted by Gasteiger charge is 2.02. The van der Waals surface area contributed by atoms with Crippen LogP contribution in [0.25, 0.3) is 0 Å². The maximum atomic E-state index is 10.9. The van der Waals surface area contributed by atoms with Gasteiger partial charge in [-0.25, -0.2) is 0 Å². The van der Waals surface area contributed by atoms with E-state index in [1.807, 2.05) is 0 Å². The highest BCUT2D eigenvalue weighted by Crippen LogP contribution is 2.17. The molecule has 0 aromatic heterocycles. The van der Waals surface area contributed by atoms with Crippen LogP contribution >= 0.6 is 0 Å². The molecule has 1 aromatic rings. The minimum absolute atomic E-state index is 0.296. The first-order chi connectivity index (χ1) is 7.11. The second kappa shape index (κ2) is 5.14. The molecule has 0 unspecified atom stereocenters. The summed E-state index contributed by atoms with van der Waals surface area (Å²) in [5.74, 6) is 0.195. The van der Waals surface area contributed by atoms with Gasteiger partial charge in [0.05, 0.1) is 0 Å². The molecule has 4 heteroatoms. The van der Waals surface area contributed by atoms with E-state index < -0.39 is 0 Å². The van der Waals surface area contributed by atoms with Crippen molar-refractivity contribution in [2.75, 3.05) is 0 Å². The van der Waals surface area contributed by atoms with Crippen LogP contribution in [0.1, 0.15) is 20.3 Å². The molecule has 0 heterocycles. The lowest BCUT2D eigenvalue weighted by Gasteiger charge is -2.04. The molecule has 0 aliphatic carbocycles. The van der Waals surface area contributed by atoms with Crippen LogP contribution in [-0.2, 0) is 9.59 Å². The van der Waals surface area contributed by atoms with Crippen LogP contribution in [-0.4, -0.2) is 11.9 Å². The molecule has 0 fully saturated rings. The van der Waals surface area contributed by atoms with E-state index in [0.717, 1.165) is 0 Å². The molecule has 0 saturated heterocycles. The van der Waals surface area contributed by atoms with Crippen molar-refractivity contribution < 1.29 is 19.1 Å². The second-order valence-electron chi connectivity index (χ2n) is 2.89. The van der Waals surface area contributed by atoms with Crippen LogP contribution in [0.4, 0.5) is 0 Å². The summed E-state index contributed by atoms with van der Waals surface area (Å²) in [5.41, 5.74) is 0. The fraction of sp³-hybridized carbons (Fsp3) is 0.273. The van der Waals surface area contributed by atoms with Crippen molar-refractivity contribution in [3.8, 4) is 11.5 Å². The Bertz CT molecular complexity index is 353. The lowest BCUT2D eigenvalue weighted by molar-refractivity contribution is -0.134. The molecule has 80 valence electrons. The summed E-state index contributed by atoms with van der Waals surface area (Å²) in [6.45, 7) is 3.04. The van der Waals surface area contributed by atoms with E-state index in [1.165, 1.54) is 6.92 Å². The highest BCUT2D eigenvalue weighted by atomic mass is 16.5. The van der Waals surface area contributed by atoms with Crippen molar-refractivity contribution in [1.29, 1.82) is 0 Å². The van der Waals surface area contributed by atoms with Crippen molar-refractivity contribution in [3.63, 3.8) is 0 Å². The zero-order valence-electron chi connectivity index (χ0n) is 8.65. The van der Waals surface area contributed by atoms with Gasteiger partial charge in [-0.3, -0.25) is 9.59 Å². The summed E-state index contributed by atoms with van der Waals surface area (Å²) in [4.78, 5) is 21.6. The quantitative estimate of drug-likeness (QED) is 0.562. The third kappa shape index (κ3) is 3.81. The van der Waals surface area contributed by atoms with Gasteiger partial charge in [-0.15, -0.1) is 0 Å². The molecule has 0 aliphatic heterocycles. The maximum Gasteiger partial charge on any atom is 0.310 e. The number of hydrogen-bond donors (Lipinski definition) is 0. The van der Waals surface area contributed by atoms with Gasteiger partial charge in [-0.2, -0.15) is 0 Å². The fourth-order valence-corrected chi connectivity index (χ4v) is 0.945. The molecule has 15 heavy (non-hydrogen) atoms. The molecule has 4 nitrogen and oxygen atoms in total. The van der Waals surface area contributed by atoms with E-state index in [1.54, 1.807) is 31.2 Å². The Balaban J connectivity index is 2.64. The lowest BCUT2D eigenvalue weighted by atomic mass is 10.3. The Labute approximate surface area is 87.8 Å². The summed E-state index contributed by atoms with van der Waals surface area (Å²) in [6, 6.07) is 6.29. The second-order valence-corrected chi connectivity index (χ2v) is 2.89. The van der Waals surface area contributed by atoms with Gasteiger partial charge in [0.2, 0.25) is 0 Å². The van der Waals surface area contributed by atoms with Crippen molar-refractivity contribution in [2.24, 2.45) is 0 Å². The third-order valence-electron chi connectivity index (χ3n) is 1.61. The van der Waals surface area contributed by atoms with Gasteiger partial charge in [-0.1, -0.05) is 6.92 Å². The van der Waals surface area contributed by atoms with Gasteiger partial charge >= 0.3 is 11.9 Å². The molecule has 0 spiro atoms. The summed E-state index contributed by atoms with van der Waals surface area (Å²) in [6.07, 6.45) is 0.325. The first kappa shape index (κ1) is 11.2. The Hall–Kier alpha value is -1.84. The Kier molecular flexibility index (Phi) is 3.85. The van der Waals surface area contributed by atoms with E-state index in [0.29, 0.717) is 17.9 Å². The number of rotatable bonds is 3. The average molecular weight is 208 g/mol. The standard InChI is InChI=1S/C11H12O4/c1-3-11(13)15-10-6-4-9(5-7-10)14-8(2)12/h4-7H,3H2,1-2H3. The van der Waals surface area contributed by atoms with Crippen molar-refractivity contribution in [3.05, 3.63) is 24.3 Å². The third-order valence-corrected chi connectivity index (χ3v) is 1.61. The largest absolute Gasteiger partial charge is 0.427 e. The predicted molar refractivity (Wildman–Crippen MR) is 53.7 cm³/mol. The van der Waals surface area contributed by atoms with Crippen LogP contribution in [0.3, 0.4) is 0 Å². The average Bonchev–Trinajstić information content (AvgIpc) is 2.20. The number of hydrogen-bond acceptors (Lipinski definition) is 4. The molecule has 0 radical (unpaired) electrons. The minimum atomic E-state index is -0.381. The number of esters is 2. The van der Waals surface area contributed by atoms with Crippen LogP contribution in [0.2, 0.25) is 0 Å². The summed E-state index contributed by atoms with van der Waals surface area (Å²) in [5, 5.41) is 0. The van der Waals surface area contributed by atoms with Gasteiger partial charge in [0.1, 0.15) is 11.5 Å². The molecule has 0 atom stereocenters. The Morgan fingerprint density at radius 3 is 1.93 bits per heavy atom. The smallest absolute Gasteiger partial charge is 0.310 e. The van der Waals surface area contributed by atoms with E-state index in [4.69, 9.17) is 9.47 Å². The topological polar surface area (TPSA) is 52.6 Å². The molecule has 0 saturated carbocycles.